The maximum Gasteiger partial charge on any atom is 0.213 e. The van der Waals surface area contributed by atoms with Crippen LogP contribution >= 0.6 is 0 Å². The number of hydrogen-bond acceptors (Lipinski definition) is 4. The Labute approximate surface area is 134 Å². The molecular formula is C15H28N4O2S. The Hall–Kier alpha value is -0.920. The van der Waals surface area contributed by atoms with E-state index in [0.717, 1.165) is 19.6 Å². The van der Waals surface area contributed by atoms with Gasteiger partial charge in [-0.2, -0.15) is 5.10 Å². The van der Waals surface area contributed by atoms with Crippen molar-refractivity contribution in [1.82, 2.24) is 19.0 Å². The molecule has 0 aromatic carbocycles. The first-order valence-electron chi connectivity index (χ1n) is 8.02. The lowest BCUT2D eigenvalue weighted by molar-refractivity contribution is 0.130. The highest BCUT2D eigenvalue weighted by Gasteiger charge is 2.23. The van der Waals surface area contributed by atoms with Crippen molar-refractivity contribution in [3.63, 3.8) is 0 Å². The molecule has 0 bridgehead atoms. The fourth-order valence-electron chi connectivity index (χ4n) is 2.98. The van der Waals surface area contributed by atoms with Crippen LogP contribution in [0.1, 0.15) is 31.2 Å². The van der Waals surface area contributed by atoms with Crippen LogP contribution in [0.4, 0.5) is 0 Å². The molecule has 1 fully saturated rings. The molecule has 1 aliphatic rings. The third kappa shape index (κ3) is 4.79. The van der Waals surface area contributed by atoms with Gasteiger partial charge in [-0.15, -0.1) is 0 Å². The van der Waals surface area contributed by atoms with Gasteiger partial charge >= 0.3 is 0 Å². The smallest absolute Gasteiger partial charge is 0.213 e. The van der Waals surface area contributed by atoms with Crippen molar-refractivity contribution in [2.75, 3.05) is 32.9 Å². The van der Waals surface area contributed by atoms with Gasteiger partial charge in [0.1, 0.15) is 0 Å². The molecule has 2 rings (SSSR count). The molecule has 22 heavy (non-hydrogen) atoms. The average molecular weight is 328 g/mol. The zero-order valence-corrected chi connectivity index (χ0v) is 14.7. The van der Waals surface area contributed by atoms with Gasteiger partial charge in [0.05, 0.1) is 18.5 Å². The van der Waals surface area contributed by atoms with Crippen LogP contribution in [0.2, 0.25) is 0 Å². The van der Waals surface area contributed by atoms with E-state index in [1.165, 1.54) is 29.1 Å². The molecule has 1 atom stereocenters. The van der Waals surface area contributed by atoms with Crippen molar-refractivity contribution in [1.29, 1.82) is 0 Å². The van der Waals surface area contributed by atoms with Crippen LogP contribution in [0, 0.1) is 6.92 Å². The highest BCUT2D eigenvalue weighted by molar-refractivity contribution is 7.89. The van der Waals surface area contributed by atoms with Crippen LogP contribution in [0.3, 0.4) is 0 Å². The fraction of sp³-hybridized carbons (Fsp3) is 0.800. The molecule has 1 unspecified atom stereocenters. The average Bonchev–Trinajstić information content (AvgIpc) is 2.86. The number of nitrogens with zero attached hydrogens (tertiary/aromatic N) is 4. The molecule has 1 saturated heterocycles. The van der Waals surface area contributed by atoms with Crippen molar-refractivity contribution in [3.05, 3.63) is 18.0 Å². The highest BCUT2D eigenvalue weighted by atomic mass is 32.2. The van der Waals surface area contributed by atoms with E-state index in [1.807, 2.05) is 17.8 Å². The van der Waals surface area contributed by atoms with Gasteiger partial charge in [0.25, 0.3) is 0 Å². The van der Waals surface area contributed by atoms with Crippen molar-refractivity contribution >= 4 is 10.0 Å². The summed E-state index contributed by atoms with van der Waals surface area (Å²) in [6.45, 7) is 4.85. The van der Waals surface area contributed by atoms with Gasteiger partial charge in [-0.25, -0.2) is 12.7 Å². The van der Waals surface area contributed by atoms with E-state index in [1.54, 1.807) is 14.1 Å². The van der Waals surface area contributed by atoms with Gasteiger partial charge in [-0.3, -0.25) is 9.58 Å². The van der Waals surface area contributed by atoms with E-state index in [9.17, 15) is 8.42 Å². The highest BCUT2D eigenvalue weighted by Crippen LogP contribution is 2.19. The van der Waals surface area contributed by atoms with E-state index >= 15 is 0 Å². The maximum atomic E-state index is 11.8. The topological polar surface area (TPSA) is 58.4 Å². The quantitative estimate of drug-likeness (QED) is 0.758. The van der Waals surface area contributed by atoms with Crippen molar-refractivity contribution in [2.24, 2.45) is 0 Å². The summed E-state index contributed by atoms with van der Waals surface area (Å²) in [5.74, 6) is 0.226. The zero-order valence-electron chi connectivity index (χ0n) is 13.9. The summed E-state index contributed by atoms with van der Waals surface area (Å²) in [6.07, 6.45) is 8.26. The summed E-state index contributed by atoms with van der Waals surface area (Å²) in [5.41, 5.74) is 1.18. The monoisotopic (exact) mass is 328 g/mol. The number of piperidine rings is 1. The second-order valence-electron chi connectivity index (χ2n) is 6.38. The van der Waals surface area contributed by atoms with Gasteiger partial charge < -0.3 is 0 Å². The van der Waals surface area contributed by atoms with Gasteiger partial charge in [-0.05, 0) is 44.8 Å². The molecule has 6 nitrogen and oxygen atoms in total. The van der Waals surface area contributed by atoms with E-state index < -0.39 is 10.0 Å². The zero-order chi connectivity index (χ0) is 16.2. The maximum absolute atomic E-state index is 11.8. The van der Waals surface area contributed by atoms with Crippen LogP contribution in [0.15, 0.2) is 12.4 Å². The summed E-state index contributed by atoms with van der Waals surface area (Å²) in [5, 5.41) is 4.37. The Bertz CT molecular complexity index is 568. The third-order valence-electron chi connectivity index (χ3n) is 4.31. The first-order valence-corrected chi connectivity index (χ1v) is 9.63. The summed E-state index contributed by atoms with van der Waals surface area (Å²) in [7, 11) is 0.110. The summed E-state index contributed by atoms with van der Waals surface area (Å²) >= 11 is 0. The van der Waals surface area contributed by atoms with E-state index in [-0.39, 0.29) is 5.75 Å². The lowest BCUT2D eigenvalue weighted by Crippen LogP contribution is -2.43. The molecule has 0 aliphatic carbocycles. The largest absolute Gasteiger partial charge is 0.299 e. The predicted octanol–water partition coefficient (Wildman–Crippen LogP) is 1.33. The summed E-state index contributed by atoms with van der Waals surface area (Å²) in [4.78, 5) is 2.44. The standard InChI is InChI=1S/C15H28N4O2S/c1-14-11-16-19(12-14)13-15-7-4-5-8-18(15)9-6-10-22(20,21)17(2)3/h11-12,15H,4-10,13H2,1-3H3. The third-order valence-corrected chi connectivity index (χ3v) is 6.23. The van der Waals surface area contributed by atoms with Crippen LogP contribution < -0.4 is 0 Å². The van der Waals surface area contributed by atoms with Gasteiger partial charge in [-0.1, -0.05) is 6.42 Å². The molecule has 0 amide bonds. The van der Waals surface area contributed by atoms with Crippen LogP contribution in [-0.2, 0) is 16.6 Å². The number of sulfonamides is 1. The summed E-state index contributed by atoms with van der Waals surface area (Å²) < 4.78 is 27.0. The Balaban J connectivity index is 1.87. The molecule has 0 saturated carbocycles. The molecule has 0 spiro atoms. The molecular weight excluding hydrogens is 300 g/mol. The lowest BCUT2D eigenvalue weighted by Gasteiger charge is -2.35. The first kappa shape index (κ1) is 17.4. The number of aryl methyl sites for hydroxylation is 1. The second kappa shape index (κ2) is 7.57. The van der Waals surface area contributed by atoms with Crippen molar-refractivity contribution in [2.45, 2.75) is 45.2 Å². The van der Waals surface area contributed by atoms with E-state index in [2.05, 4.69) is 16.2 Å². The van der Waals surface area contributed by atoms with Gasteiger partial charge in [0.15, 0.2) is 0 Å². The second-order valence-corrected chi connectivity index (χ2v) is 8.68. The molecule has 1 aromatic rings. The SMILES string of the molecule is Cc1cnn(CC2CCCCN2CCCS(=O)(=O)N(C)C)c1. The Kier molecular flexibility index (Phi) is 6.00. The van der Waals surface area contributed by atoms with E-state index in [4.69, 9.17) is 0 Å². The minimum atomic E-state index is -3.08. The predicted molar refractivity (Wildman–Crippen MR) is 88.3 cm³/mol. The first-order chi connectivity index (χ1) is 10.4. The van der Waals surface area contributed by atoms with Crippen LogP contribution in [0.25, 0.3) is 0 Å². The minimum Gasteiger partial charge on any atom is -0.299 e. The molecule has 0 radical (unpaired) electrons. The minimum absolute atomic E-state index is 0.226. The number of hydrogen-bond donors (Lipinski definition) is 0. The number of rotatable bonds is 7. The fourth-order valence-corrected chi connectivity index (χ4v) is 3.84. The van der Waals surface area contributed by atoms with Crippen LogP contribution in [-0.4, -0.2) is 66.4 Å². The summed E-state index contributed by atoms with van der Waals surface area (Å²) in [6, 6.07) is 0.468. The van der Waals surface area contributed by atoms with Crippen molar-refractivity contribution in [3.8, 4) is 0 Å². The lowest BCUT2D eigenvalue weighted by atomic mass is 10.0. The number of aromatic nitrogens is 2. The normalized spacial score (nSPS) is 20.6. The van der Waals surface area contributed by atoms with Gasteiger partial charge in [0, 0.05) is 26.3 Å². The molecule has 2 heterocycles. The van der Waals surface area contributed by atoms with Crippen molar-refractivity contribution < 1.29 is 8.42 Å². The Morgan fingerprint density at radius 3 is 2.77 bits per heavy atom. The molecule has 0 N–H and O–H groups in total. The van der Waals surface area contributed by atoms with Crippen LogP contribution in [0.5, 0.6) is 0 Å². The number of likely N-dealkylation sites (tertiary alicyclic amines) is 1. The van der Waals surface area contributed by atoms with Gasteiger partial charge in [0.2, 0.25) is 10.0 Å². The molecule has 1 aliphatic heterocycles. The Morgan fingerprint density at radius 1 is 1.36 bits per heavy atom. The molecule has 7 heteroatoms. The molecule has 126 valence electrons. The van der Waals surface area contributed by atoms with E-state index in [0.29, 0.717) is 12.5 Å². The molecule has 1 aromatic heterocycles. The Morgan fingerprint density at radius 2 is 2.14 bits per heavy atom.